The second kappa shape index (κ2) is 5.43. The van der Waals surface area contributed by atoms with E-state index >= 15 is 0 Å². The van der Waals surface area contributed by atoms with Gasteiger partial charge in [0.05, 0.1) is 11.7 Å². The highest BCUT2D eigenvalue weighted by Gasteiger charge is 2.65. The number of fused-ring (bicyclic) bond motifs is 1. The third kappa shape index (κ3) is 2.26. The molecule has 0 radical (unpaired) electrons. The van der Waals surface area contributed by atoms with Gasteiger partial charge in [-0.2, -0.15) is 4.37 Å². The molecule has 2 saturated heterocycles. The molecule has 1 unspecified atom stereocenters. The Bertz CT molecular complexity index is 921. The predicted octanol–water partition coefficient (Wildman–Crippen LogP) is 1.66. The van der Waals surface area contributed by atoms with Crippen LogP contribution in [0.5, 0.6) is 0 Å². The van der Waals surface area contributed by atoms with Crippen LogP contribution in [0.25, 0.3) is 11.3 Å². The molecule has 0 saturated carbocycles. The second-order valence-corrected chi connectivity index (χ2v) is 9.07. The van der Waals surface area contributed by atoms with Crippen LogP contribution in [0.4, 0.5) is 0 Å². The van der Waals surface area contributed by atoms with Gasteiger partial charge in [0.1, 0.15) is 11.4 Å². The summed E-state index contributed by atoms with van der Waals surface area (Å²) in [5, 5.41) is 9.11. The Morgan fingerprint density at radius 1 is 1.24 bits per heavy atom. The molecule has 2 aromatic rings. The van der Waals surface area contributed by atoms with Gasteiger partial charge in [-0.15, -0.1) is 11.8 Å². The van der Waals surface area contributed by atoms with Gasteiger partial charge in [-0.3, -0.25) is 9.59 Å². The van der Waals surface area contributed by atoms with Gasteiger partial charge in [0.15, 0.2) is 11.7 Å². The van der Waals surface area contributed by atoms with Crippen molar-refractivity contribution in [1.82, 2.24) is 13.2 Å². The minimum Gasteiger partial charge on any atom is -0.480 e. The Morgan fingerprint density at radius 2 is 1.92 bits per heavy atom. The monoisotopic (exact) mass is 377 g/mol. The van der Waals surface area contributed by atoms with Crippen LogP contribution >= 0.6 is 23.5 Å². The van der Waals surface area contributed by atoms with Crippen molar-refractivity contribution in [2.75, 3.05) is 0 Å². The quantitative estimate of drug-likeness (QED) is 0.818. The number of benzene rings is 1. The fourth-order valence-corrected chi connectivity index (χ4v) is 5.99. The van der Waals surface area contributed by atoms with Crippen LogP contribution < -0.4 is 5.56 Å². The fourth-order valence-electron chi connectivity index (χ4n) is 3.42. The molecular formula is C16H15N3O4S2. The van der Waals surface area contributed by atoms with Gasteiger partial charge >= 0.3 is 5.97 Å². The van der Waals surface area contributed by atoms with E-state index in [9.17, 15) is 19.5 Å². The van der Waals surface area contributed by atoms with E-state index in [0.29, 0.717) is 11.3 Å². The summed E-state index contributed by atoms with van der Waals surface area (Å²) in [5.41, 5.74) is 0.703. The molecule has 7 nitrogen and oxygen atoms in total. The molecule has 4 rings (SSSR count). The molecule has 3 heterocycles. The van der Waals surface area contributed by atoms with Crippen LogP contribution in [0.15, 0.2) is 35.1 Å². The smallest absolute Gasteiger partial charge is 0.327 e. The van der Waals surface area contributed by atoms with Crippen LogP contribution in [0.2, 0.25) is 0 Å². The summed E-state index contributed by atoms with van der Waals surface area (Å²) < 4.78 is 4.98. The molecule has 0 aliphatic carbocycles. The Labute approximate surface area is 151 Å². The predicted molar refractivity (Wildman–Crippen MR) is 94.6 cm³/mol. The van der Waals surface area contributed by atoms with Crippen LogP contribution in [0.1, 0.15) is 19.9 Å². The summed E-state index contributed by atoms with van der Waals surface area (Å²) in [5.74, 6) is -1.35. The van der Waals surface area contributed by atoms with Crippen molar-refractivity contribution in [2.24, 2.45) is 0 Å². The van der Waals surface area contributed by atoms with E-state index in [4.69, 9.17) is 0 Å². The lowest BCUT2D eigenvalue weighted by atomic mass is 9.96. The van der Waals surface area contributed by atoms with Gasteiger partial charge in [0, 0.05) is 10.3 Å². The van der Waals surface area contributed by atoms with Gasteiger partial charge in [-0.1, -0.05) is 30.3 Å². The summed E-state index contributed by atoms with van der Waals surface area (Å²) in [6, 6.07) is 7.51. The maximum Gasteiger partial charge on any atom is 0.327 e. The van der Waals surface area contributed by atoms with Gasteiger partial charge in [0.25, 0.3) is 11.5 Å². The molecule has 0 spiro atoms. The van der Waals surface area contributed by atoms with Crippen LogP contribution in [0, 0.1) is 0 Å². The zero-order valence-corrected chi connectivity index (χ0v) is 15.1. The Hall–Kier alpha value is -2.13. The number of carbonyl (C=O) groups excluding carboxylic acids is 1. The third-order valence-corrected chi connectivity index (χ3v) is 6.96. The van der Waals surface area contributed by atoms with Gasteiger partial charge in [-0.25, -0.2) is 8.75 Å². The number of hydrogen-bond acceptors (Lipinski definition) is 6. The molecule has 25 heavy (non-hydrogen) atoms. The number of β-lactam (4-membered cyclic amide) rings is 1. The van der Waals surface area contributed by atoms with E-state index in [2.05, 4.69) is 4.37 Å². The SMILES string of the molecule is CC1(C)S[C@@H]2[C@H](n3snc(-c4ccccc4)c3=O)C(=O)N2C1C(=O)O. The first-order chi connectivity index (χ1) is 11.8. The number of carboxylic acid groups (broad SMARTS) is 1. The van der Waals surface area contributed by atoms with Gasteiger partial charge in [-0.05, 0) is 13.8 Å². The number of thioether (sulfide) groups is 1. The van der Waals surface area contributed by atoms with Crippen LogP contribution in [-0.4, -0.2) is 46.4 Å². The van der Waals surface area contributed by atoms with Crippen molar-refractivity contribution < 1.29 is 14.7 Å². The zero-order valence-electron chi connectivity index (χ0n) is 13.4. The topological polar surface area (TPSA) is 92.5 Å². The molecule has 2 fully saturated rings. The van der Waals surface area contributed by atoms with Gasteiger partial charge < -0.3 is 10.0 Å². The van der Waals surface area contributed by atoms with Crippen LogP contribution in [-0.2, 0) is 9.59 Å². The lowest BCUT2D eigenvalue weighted by Gasteiger charge is -2.42. The molecule has 130 valence electrons. The third-order valence-electron chi connectivity index (χ3n) is 4.57. The molecule has 1 aromatic heterocycles. The lowest BCUT2D eigenvalue weighted by molar-refractivity contribution is -0.161. The van der Waals surface area contributed by atoms with Crippen molar-refractivity contribution in [3.63, 3.8) is 0 Å². The average Bonchev–Trinajstić information content (AvgIpc) is 3.04. The largest absolute Gasteiger partial charge is 0.480 e. The van der Waals surface area contributed by atoms with E-state index < -0.39 is 22.8 Å². The van der Waals surface area contributed by atoms with Gasteiger partial charge in [0.2, 0.25) is 0 Å². The maximum absolute atomic E-state index is 12.7. The number of carboxylic acids is 1. The average molecular weight is 377 g/mol. The molecule has 2 aliphatic rings. The van der Waals surface area contributed by atoms with Crippen molar-refractivity contribution in [1.29, 1.82) is 0 Å². The van der Waals surface area contributed by atoms with E-state index in [0.717, 1.165) is 11.7 Å². The molecule has 2 aliphatic heterocycles. The number of nitrogens with zero attached hydrogens (tertiary/aromatic N) is 3. The summed E-state index contributed by atoms with van der Waals surface area (Å²) >= 11 is 2.38. The van der Waals surface area contributed by atoms with E-state index in [1.807, 2.05) is 32.0 Å². The fraction of sp³-hybridized carbons (Fsp3) is 0.375. The lowest BCUT2D eigenvalue weighted by Crippen LogP contribution is -2.63. The summed E-state index contributed by atoms with van der Waals surface area (Å²) in [7, 11) is 0. The molecule has 9 heteroatoms. The summed E-state index contributed by atoms with van der Waals surface area (Å²) in [6.45, 7) is 3.62. The van der Waals surface area contributed by atoms with E-state index in [1.165, 1.54) is 20.6 Å². The summed E-state index contributed by atoms with van der Waals surface area (Å²) in [6.07, 6.45) is 0. The molecule has 1 amide bonds. The normalized spacial score (nSPS) is 27.0. The van der Waals surface area contributed by atoms with Crippen molar-refractivity contribution in [3.05, 3.63) is 40.7 Å². The van der Waals surface area contributed by atoms with Crippen molar-refractivity contribution in [3.8, 4) is 11.3 Å². The van der Waals surface area contributed by atoms with Crippen molar-refractivity contribution >= 4 is 35.4 Å². The molecule has 1 aromatic carbocycles. The Balaban J connectivity index is 1.70. The van der Waals surface area contributed by atoms with E-state index in [-0.39, 0.29) is 16.8 Å². The highest BCUT2D eigenvalue weighted by molar-refractivity contribution is 8.01. The molecular weight excluding hydrogens is 362 g/mol. The first kappa shape index (κ1) is 16.3. The maximum atomic E-state index is 12.7. The number of aromatic nitrogens is 2. The number of carbonyl (C=O) groups is 2. The first-order valence-corrected chi connectivity index (χ1v) is 9.31. The number of rotatable bonds is 3. The highest BCUT2D eigenvalue weighted by Crippen LogP contribution is 2.54. The highest BCUT2D eigenvalue weighted by atomic mass is 32.2. The van der Waals surface area contributed by atoms with Crippen LogP contribution in [0.3, 0.4) is 0 Å². The minimum absolute atomic E-state index is 0.314. The number of hydrogen-bond donors (Lipinski definition) is 1. The standard InChI is InChI=1S/C16H15N3O4S2/c1-16(2)11(15(22)23)18-13(21)10(14(18)24-16)19-12(20)9(17-25-19)8-6-4-3-5-7-8/h3-7,10-11,14H,1-2H3,(H,22,23)/t10-,11?,14-/m1/s1. The Kier molecular flexibility index (Phi) is 3.55. The molecule has 1 N–H and O–H groups in total. The van der Waals surface area contributed by atoms with E-state index in [1.54, 1.807) is 12.1 Å². The van der Waals surface area contributed by atoms with Crippen molar-refractivity contribution in [2.45, 2.75) is 36.1 Å². The second-order valence-electron chi connectivity index (χ2n) is 6.56. The first-order valence-electron chi connectivity index (χ1n) is 7.70. The summed E-state index contributed by atoms with van der Waals surface area (Å²) in [4.78, 5) is 38.3. The molecule has 3 atom stereocenters. The number of aliphatic carboxylic acids is 1. The Morgan fingerprint density at radius 3 is 2.56 bits per heavy atom. The molecule has 0 bridgehead atoms. The zero-order chi connectivity index (χ0) is 17.9. The number of amides is 1. The minimum atomic E-state index is -1.02.